The average molecular weight is 253 g/mol. The second-order valence-electron chi connectivity index (χ2n) is 3.74. The van der Waals surface area contributed by atoms with Crippen molar-refractivity contribution >= 4 is 11.7 Å². The molecule has 0 aliphatic carbocycles. The number of ether oxygens (including phenoxy) is 3. The van der Waals surface area contributed by atoms with Crippen LogP contribution in [0.4, 0.5) is 5.69 Å². The maximum absolute atomic E-state index is 11.5. The molecule has 0 unspecified atom stereocenters. The summed E-state index contributed by atoms with van der Waals surface area (Å²) in [5.41, 5.74) is 7.12. The molecule has 1 aromatic rings. The predicted octanol–water partition coefficient (Wildman–Crippen LogP) is 1.02. The summed E-state index contributed by atoms with van der Waals surface area (Å²) in [6.45, 7) is 1.69. The number of carbonyl (C=O) groups is 1. The van der Waals surface area contributed by atoms with E-state index in [2.05, 4.69) is 0 Å². The van der Waals surface area contributed by atoms with Gasteiger partial charge in [-0.05, 0) is 17.7 Å². The Balaban J connectivity index is 2.12. The summed E-state index contributed by atoms with van der Waals surface area (Å²) in [6.07, 6.45) is 0.248. The van der Waals surface area contributed by atoms with Crippen LogP contribution >= 0.6 is 0 Å². The van der Waals surface area contributed by atoms with Gasteiger partial charge in [0.2, 0.25) is 0 Å². The quantitative estimate of drug-likeness (QED) is 0.425. The fourth-order valence-corrected chi connectivity index (χ4v) is 1.31. The Bertz CT molecular complexity index is 351. The van der Waals surface area contributed by atoms with Gasteiger partial charge in [0.15, 0.2) is 0 Å². The van der Waals surface area contributed by atoms with Gasteiger partial charge in [0, 0.05) is 12.8 Å². The molecule has 1 aromatic carbocycles. The molecule has 5 nitrogen and oxygen atoms in total. The predicted molar refractivity (Wildman–Crippen MR) is 68.2 cm³/mol. The van der Waals surface area contributed by atoms with Gasteiger partial charge in [-0.2, -0.15) is 0 Å². The average Bonchev–Trinajstić information content (AvgIpc) is 2.36. The van der Waals surface area contributed by atoms with Gasteiger partial charge in [0.25, 0.3) is 0 Å². The lowest BCUT2D eigenvalue weighted by atomic mass is 10.1. The van der Waals surface area contributed by atoms with Crippen LogP contribution in [-0.2, 0) is 25.4 Å². The fraction of sp³-hybridized carbons (Fsp3) is 0.462. The zero-order valence-electron chi connectivity index (χ0n) is 10.6. The fourth-order valence-electron chi connectivity index (χ4n) is 1.31. The van der Waals surface area contributed by atoms with Gasteiger partial charge in [0.1, 0.15) is 6.61 Å². The molecule has 0 radical (unpaired) electrons. The summed E-state index contributed by atoms with van der Waals surface area (Å²) in [6, 6.07) is 7.14. The lowest BCUT2D eigenvalue weighted by Crippen LogP contribution is -2.14. The first-order chi connectivity index (χ1) is 8.72. The molecule has 1 rings (SSSR count). The summed E-state index contributed by atoms with van der Waals surface area (Å²) in [4.78, 5) is 11.5. The van der Waals surface area contributed by atoms with Gasteiger partial charge in [-0.25, -0.2) is 0 Å². The van der Waals surface area contributed by atoms with Gasteiger partial charge in [-0.1, -0.05) is 12.1 Å². The Kier molecular flexibility index (Phi) is 6.83. The largest absolute Gasteiger partial charge is 0.463 e. The Morgan fingerprint density at radius 3 is 2.44 bits per heavy atom. The van der Waals surface area contributed by atoms with Crippen molar-refractivity contribution in [3.63, 3.8) is 0 Å². The third-order valence-electron chi connectivity index (χ3n) is 2.25. The molecule has 0 aromatic heterocycles. The van der Waals surface area contributed by atoms with Crippen LogP contribution in [0.25, 0.3) is 0 Å². The van der Waals surface area contributed by atoms with E-state index in [1.807, 2.05) is 12.1 Å². The molecule has 0 aliphatic rings. The lowest BCUT2D eigenvalue weighted by Gasteiger charge is -2.06. The number of nitrogens with two attached hydrogens (primary N) is 1. The van der Waals surface area contributed by atoms with Crippen molar-refractivity contribution in [2.75, 3.05) is 39.3 Å². The Labute approximate surface area is 107 Å². The van der Waals surface area contributed by atoms with Crippen LogP contribution in [0.2, 0.25) is 0 Å². The van der Waals surface area contributed by atoms with E-state index < -0.39 is 0 Å². The SMILES string of the molecule is COCCOCCOC(=O)Cc1ccc(N)cc1. The van der Waals surface area contributed by atoms with Crippen LogP contribution in [0.15, 0.2) is 24.3 Å². The standard InChI is InChI=1S/C13H19NO4/c1-16-6-7-17-8-9-18-13(15)10-11-2-4-12(14)5-3-11/h2-5H,6-10,14H2,1H3. The molecule has 0 saturated heterocycles. The zero-order chi connectivity index (χ0) is 13.2. The summed E-state index contributed by atoms with van der Waals surface area (Å²) < 4.78 is 15.0. The van der Waals surface area contributed by atoms with Crippen molar-refractivity contribution < 1.29 is 19.0 Å². The minimum absolute atomic E-state index is 0.248. The monoisotopic (exact) mass is 253 g/mol. The van der Waals surface area contributed by atoms with Crippen molar-refractivity contribution in [3.8, 4) is 0 Å². The van der Waals surface area contributed by atoms with Gasteiger partial charge in [-0.15, -0.1) is 0 Å². The van der Waals surface area contributed by atoms with E-state index >= 15 is 0 Å². The van der Waals surface area contributed by atoms with Crippen molar-refractivity contribution in [1.29, 1.82) is 0 Å². The number of anilines is 1. The number of methoxy groups -OCH3 is 1. The molecule has 0 spiro atoms. The van der Waals surface area contributed by atoms with Crippen LogP contribution in [0, 0.1) is 0 Å². The van der Waals surface area contributed by atoms with Gasteiger partial charge < -0.3 is 19.9 Å². The van der Waals surface area contributed by atoms with Crippen LogP contribution in [0.3, 0.4) is 0 Å². The molecule has 0 saturated carbocycles. The first-order valence-electron chi connectivity index (χ1n) is 5.79. The minimum Gasteiger partial charge on any atom is -0.463 e. The normalized spacial score (nSPS) is 10.3. The van der Waals surface area contributed by atoms with E-state index in [0.717, 1.165) is 5.56 Å². The number of hydrogen-bond donors (Lipinski definition) is 1. The van der Waals surface area contributed by atoms with Crippen molar-refractivity contribution in [1.82, 2.24) is 0 Å². The van der Waals surface area contributed by atoms with E-state index in [0.29, 0.717) is 25.5 Å². The highest BCUT2D eigenvalue weighted by molar-refractivity contribution is 5.72. The van der Waals surface area contributed by atoms with Crippen LogP contribution in [0.1, 0.15) is 5.56 Å². The Hall–Kier alpha value is -1.59. The highest BCUT2D eigenvalue weighted by atomic mass is 16.6. The second kappa shape index (κ2) is 8.49. The molecule has 0 fully saturated rings. The topological polar surface area (TPSA) is 70.8 Å². The van der Waals surface area contributed by atoms with E-state index in [1.54, 1.807) is 19.2 Å². The zero-order valence-corrected chi connectivity index (χ0v) is 10.6. The van der Waals surface area contributed by atoms with E-state index in [9.17, 15) is 4.79 Å². The van der Waals surface area contributed by atoms with E-state index in [1.165, 1.54) is 0 Å². The first-order valence-corrected chi connectivity index (χ1v) is 5.79. The molecule has 2 N–H and O–H groups in total. The number of rotatable bonds is 8. The summed E-state index contributed by atoms with van der Waals surface area (Å²) in [5.74, 6) is -0.268. The molecule has 0 aliphatic heterocycles. The molecule has 0 amide bonds. The molecular formula is C13H19NO4. The van der Waals surface area contributed by atoms with Crippen LogP contribution in [0.5, 0.6) is 0 Å². The molecule has 0 atom stereocenters. The summed E-state index contributed by atoms with van der Waals surface area (Å²) in [5, 5.41) is 0. The molecule has 5 heteroatoms. The third kappa shape index (κ3) is 6.22. The van der Waals surface area contributed by atoms with Crippen LogP contribution < -0.4 is 5.73 Å². The number of benzene rings is 1. The maximum atomic E-state index is 11.5. The Morgan fingerprint density at radius 1 is 1.11 bits per heavy atom. The highest BCUT2D eigenvalue weighted by Gasteiger charge is 2.04. The van der Waals surface area contributed by atoms with Gasteiger partial charge in [-0.3, -0.25) is 4.79 Å². The minimum atomic E-state index is -0.268. The molecule has 18 heavy (non-hydrogen) atoms. The van der Waals surface area contributed by atoms with E-state index in [4.69, 9.17) is 19.9 Å². The van der Waals surface area contributed by atoms with Crippen LogP contribution in [-0.4, -0.2) is 39.5 Å². The van der Waals surface area contributed by atoms with Gasteiger partial charge in [0.05, 0.1) is 26.2 Å². The Morgan fingerprint density at radius 2 is 1.78 bits per heavy atom. The number of esters is 1. The smallest absolute Gasteiger partial charge is 0.310 e. The third-order valence-corrected chi connectivity index (χ3v) is 2.25. The molecule has 0 heterocycles. The molecule has 100 valence electrons. The first kappa shape index (κ1) is 14.5. The van der Waals surface area contributed by atoms with Crippen molar-refractivity contribution in [2.24, 2.45) is 0 Å². The maximum Gasteiger partial charge on any atom is 0.310 e. The number of carbonyl (C=O) groups excluding carboxylic acids is 1. The highest BCUT2D eigenvalue weighted by Crippen LogP contribution is 2.06. The lowest BCUT2D eigenvalue weighted by molar-refractivity contribution is -0.144. The summed E-state index contributed by atoms with van der Waals surface area (Å²) >= 11 is 0. The second-order valence-corrected chi connectivity index (χ2v) is 3.74. The molecular weight excluding hydrogens is 234 g/mol. The number of hydrogen-bond acceptors (Lipinski definition) is 5. The van der Waals surface area contributed by atoms with Crippen molar-refractivity contribution in [3.05, 3.63) is 29.8 Å². The molecule has 0 bridgehead atoms. The number of nitrogen functional groups attached to an aromatic ring is 1. The van der Waals surface area contributed by atoms with Gasteiger partial charge >= 0.3 is 5.97 Å². The summed E-state index contributed by atoms with van der Waals surface area (Å²) in [7, 11) is 1.61. The van der Waals surface area contributed by atoms with Crippen molar-refractivity contribution in [2.45, 2.75) is 6.42 Å². The van der Waals surface area contributed by atoms with E-state index in [-0.39, 0.29) is 19.0 Å².